The molecule has 0 aromatic rings. The van der Waals surface area contributed by atoms with Gasteiger partial charge < -0.3 is 10.6 Å². The Morgan fingerprint density at radius 3 is 2.88 bits per heavy atom. The van der Waals surface area contributed by atoms with Crippen molar-refractivity contribution in [3.05, 3.63) is 0 Å². The summed E-state index contributed by atoms with van der Waals surface area (Å²) in [6.45, 7) is 2.07. The molecule has 3 unspecified atom stereocenters. The monoisotopic (exact) mass is 221 g/mol. The lowest BCUT2D eigenvalue weighted by atomic mass is 9.88. The molecule has 3 nitrogen and oxygen atoms in total. The average Bonchev–Trinajstić information content (AvgIpc) is 2.79. The first kappa shape index (κ1) is 11.9. The first-order valence-corrected chi connectivity index (χ1v) is 6.75. The topological polar surface area (TPSA) is 47.9 Å². The average molecular weight is 221 g/mol. The molecule has 0 spiro atoms. The Labute approximate surface area is 98.6 Å². The molecule has 0 radical (unpaired) electrons. The van der Waals surface area contributed by atoms with Gasteiger partial charge in [0.05, 0.1) is 6.07 Å². The highest BCUT2D eigenvalue weighted by molar-refractivity contribution is 4.92. The highest BCUT2D eigenvalue weighted by Crippen LogP contribution is 2.31. The van der Waals surface area contributed by atoms with Crippen LogP contribution in [0.5, 0.6) is 0 Å². The molecule has 1 heterocycles. The van der Waals surface area contributed by atoms with Gasteiger partial charge in [0.1, 0.15) is 0 Å². The van der Waals surface area contributed by atoms with Crippen LogP contribution in [0.4, 0.5) is 0 Å². The summed E-state index contributed by atoms with van der Waals surface area (Å²) in [5.74, 6) is 0.805. The van der Waals surface area contributed by atoms with Crippen molar-refractivity contribution < 1.29 is 0 Å². The molecule has 0 aromatic carbocycles. The predicted octanol–water partition coefficient (Wildman–Crippen LogP) is 1.80. The van der Waals surface area contributed by atoms with Crippen LogP contribution in [-0.4, -0.2) is 25.2 Å². The summed E-state index contributed by atoms with van der Waals surface area (Å²) in [7, 11) is 0. The van der Waals surface area contributed by atoms with Gasteiger partial charge in [-0.25, -0.2) is 0 Å². The van der Waals surface area contributed by atoms with Crippen LogP contribution in [0.15, 0.2) is 0 Å². The van der Waals surface area contributed by atoms with Crippen LogP contribution in [0, 0.1) is 17.2 Å². The zero-order chi connectivity index (χ0) is 11.2. The third-order valence-corrected chi connectivity index (χ3v) is 4.08. The minimum absolute atomic E-state index is 0.640. The molecule has 2 aliphatic rings. The Hall–Kier alpha value is -0.590. The van der Waals surface area contributed by atoms with Gasteiger partial charge >= 0.3 is 0 Å². The summed E-state index contributed by atoms with van der Waals surface area (Å²) in [6, 6.07) is 3.60. The minimum Gasteiger partial charge on any atom is -0.314 e. The van der Waals surface area contributed by atoms with Gasteiger partial charge in [0, 0.05) is 25.0 Å². The highest BCUT2D eigenvalue weighted by atomic mass is 15.0. The van der Waals surface area contributed by atoms with Crippen molar-refractivity contribution in [2.24, 2.45) is 5.92 Å². The summed E-state index contributed by atoms with van der Waals surface area (Å²) in [5.41, 5.74) is 0. The van der Waals surface area contributed by atoms with Crippen molar-refractivity contribution in [2.45, 2.75) is 57.0 Å². The SMILES string of the molecule is N#CCCNC1CCCC1C1CCCCN1. The van der Waals surface area contributed by atoms with Gasteiger partial charge in [-0.3, -0.25) is 0 Å². The number of nitrogens with one attached hydrogen (secondary N) is 2. The molecular weight excluding hydrogens is 198 g/mol. The van der Waals surface area contributed by atoms with Crippen molar-refractivity contribution in [1.29, 1.82) is 5.26 Å². The van der Waals surface area contributed by atoms with E-state index in [9.17, 15) is 0 Å². The Balaban J connectivity index is 1.80. The third kappa shape index (κ3) is 2.96. The zero-order valence-corrected chi connectivity index (χ0v) is 10.0. The van der Waals surface area contributed by atoms with E-state index < -0.39 is 0 Å². The van der Waals surface area contributed by atoms with E-state index in [-0.39, 0.29) is 0 Å². The summed E-state index contributed by atoms with van der Waals surface area (Å²) in [5, 5.41) is 15.8. The normalized spacial score (nSPS) is 34.8. The molecule has 3 heteroatoms. The molecule has 2 fully saturated rings. The molecule has 0 aromatic heterocycles. The predicted molar refractivity (Wildman–Crippen MR) is 65.0 cm³/mol. The van der Waals surface area contributed by atoms with Crippen LogP contribution in [-0.2, 0) is 0 Å². The Kier molecular flexibility index (Phi) is 4.62. The third-order valence-electron chi connectivity index (χ3n) is 4.08. The maximum Gasteiger partial charge on any atom is 0.0635 e. The molecule has 0 amide bonds. The lowest BCUT2D eigenvalue weighted by Gasteiger charge is -2.33. The van der Waals surface area contributed by atoms with Crippen LogP contribution >= 0.6 is 0 Å². The molecule has 3 atom stereocenters. The van der Waals surface area contributed by atoms with Gasteiger partial charge in [0.2, 0.25) is 0 Å². The van der Waals surface area contributed by atoms with E-state index in [4.69, 9.17) is 5.26 Å². The van der Waals surface area contributed by atoms with Gasteiger partial charge in [-0.15, -0.1) is 0 Å². The van der Waals surface area contributed by atoms with E-state index in [2.05, 4.69) is 16.7 Å². The number of piperidine rings is 1. The number of rotatable bonds is 4. The number of hydrogen-bond donors (Lipinski definition) is 2. The van der Waals surface area contributed by atoms with Crippen molar-refractivity contribution >= 4 is 0 Å². The lowest BCUT2D eigenvalue weighted by molar-refractivity contribution is 0.258. The molecule has 0 bridgehead atoms. The second kappa shape index (κ2) is 6.22. The Bertz CT molecular complexity index is 240. The molecule has 16 heavy (non-hydrogen) atoms. The zero-order valence-electron chi connectivity index (χ0n) is 10.0. The van der Waals surface area contributed by atoms with Gasteiger partial charge in [0.25, 0.3) is 0 Å². The maximum absolute atomic E-state index is 8.55. The molecular formula is C13H23N3. The molecule has 2 rings (SSSR count). The van der Waals surface area contributed by atoms with Crippen molar-refractivity contribution in [3.8, 4) is 6.07 Å². The molecule has 1 saturated heterocycles. The van der Waals surface area contributed by atoms with Crippen LogP contribution in [0.1, 0.15) is 44.9 Å². The van der Waals surface area contributed by atoms with E-state index >= 15 is 0 Å². The summed E-state index contributed by atoms with van der Waals surface area (Å²) in [6.07, 6.45) is 8.74. The van der Waals surface area contributed by atoms with Crippen molar-refractivity contribution in [3.63, 3.8) is 0 Å². The maximum atomic E-state index is 8.55. The summed E-state index contributed by atoms with van der Waals surface area (Å²) < 4.78 is 0. The number of nitriles is 1. The number of hydrogen-bond acceptors (Lipinski definition) is 3. The van der Waals surface area contributed by atoms with Gasteiger partial charge in [-0.2, -0.15) is 5.26 Å². The van der Waals surface area contributed by atoms with E-state index in [0.717, 1.165) is 18.5 Å². The Morgan fingerprint density at radius 2 is 2.12 bits per heavy atom. The second-order valence-corrected chi connectivity index (χ2v) is 5.12. The molecule has 1 saturated carbocycles. The van der Waals surface area contributed by atoms with Crippen molar-refractivity contribution in [2.75, 3.05) is 13.1 Å². The van der Waals surface area contributed by atoms with Gasteiger partial charge in [-0.05, 0) is 38.1 Å². The van der Waals surface area contributed by atoms with Crippen molar-refractivity contribution in [1.82, 2.24) is 10.6 Å². The van der Waals surface area contributed by atoms with Crippen LogP contribution in [0.25, 0.3) is 0 Å². The largest absolute Gasteiger partial charge is 0.314 e. The minimum atomic E-state index is 0.640. The van der Waals surface area contributed by atoms with E-state index in [1.807, 2.05) is 0 Å². The Morgan fingerprint density at radius 1 is 1.19 bits per heavy atom. The molecule has 1 aliphatic carbocycles. The first-order valence-electron chi connectivity index (χ1n) is 6.75. The fourth-order valence-corrected chi connectivity index (χ4v) is 3.28. The number of nitrogens with zero attached hydrogens (tertiary/aromatic N) is 1. The van der Waals surface area contributed by atoms with Gasteiger partial charge in [-0.1, -0.05) is 12.8 Å². The van der Waals surface area contributed by atoms with Crippen LogP contribution in [0.2, 0.25) is 0 Å². The molecule has 2 N–H and O–H groups in total. The summed E-state index contributed by atoms with van der Waals surface area (Å²) in [4.78, 5) is 0. The summed E-state index contributed by atoms with van der Waals surface area (Å²) >= 11 is 0. The fraction of sp³-hybridized carbons (Fsp3) is 0.923. The van der Waals surface area contributed by atoms with E-state index in [1.165, 1.54) is 45.1 Å². The highest BCUT2D eigenvalue weighted by Gasteiger charge is 2.33. The lowest BCUT2D eigenvalue weighted by Crippen LogP contribution is -2.46. The quantitative estimate of drug-likeness (QED) is 0.712. The van der Waals surface area contributed by atoms with Crippen LogP contribution < -0.4 is 10.6 Å². The van der Waals surface area contributed by atoms with Gasteiger partial charge in [0.15, 0.2) is 0 Å². The molecule has 90 valence electrons. The first-order chi connectivity index (χ1) is 7.92. The standard InChI is InChI=1S/C13H23N3/c14-8-4-10-16-13-7-3-5-11(13)12-6-1-2-9-15-12/h11-13,15-16H,1-7,9-10H2. The van der Waals surface area contributed by atoms with E-state index in [0.29, 0.717) is 12.5 Å². The smallest absolute Gasteiger partial charge is 0.0635 e. The molecule has 1 aliphatic heterocycles. The second-order valence-electron chi connectivity index (χ2n) is 5.12. The van der Waals surface area contributed by atoms with E-state index in [1.54, 1.807) is 0 Å². The fourth-order valence-electron chi connectivity index (χ4n) is 3.28. The van der Waals surface area contributed by atoms with Crippen LogP contribution in [0.3, 0.4) is 0 Å².